The molecule has 0 saturated heterocycles. The van der Waals surface area contributed by atoms with Crippen LogP contribution in [0.4, 0.5) is 0 Å². The van der Waals surface area contributed by atoms with Gasteiger partial charge in [0.1, 0.15) is 0 Å². The highest BCUT2D eigenvalue weighted by atomic mass is 16.3. The molecule has 17 heavy (non-hydrogen) atoms. The minimum absolute atomic E-state index is 0.0231. The molecular formula is C10H29N5O2. The Labute approximate surface area is 104 Å². The lowest BCUT2D eigenvalue weighted by Gasteiger charge is -2.02. The Morgan fingerprint density at radius 1 is 0.882 bits per heavy atom. The van der Waals surface area contributed by atoms with Gasteiger partial charge in [-0.3, -0.25) is 0 Å². The standard InChI is InChI=1S/C6H17N3O.C4H12N2O/c7-1-2-8-3-4-9-5-6-10;5-3-4(6)1-2-7/h8-10H,1-7H2;4,7H,1-3,5-6H2. The van der Waals surface area contributed by atoms with E-state index in [1.54, 1.807) is 0 Å². The van der Waals surface area contributed by atoms with Gasteiger partial charge >= 0.3 is 0 Å². The molecule has 0 aliphatic rings. The van der Waals surface area contributed by atoms with E-state index in [0.29, 0.717) is 26.1 Å². The van der Waals surface area contributed by atoms with Crippen LogP contribution in [0.15, 0.2) is 0 Å². The molecule has 0 fully saturated rings. The van der Waals surface area contributed by atoms with Crippen molar-refractivity contribution in [2.24, 2.45) is 17.2 Å². The molecular weight excluding hydrogens is 222 g/mol. The SMILES string of the molecule is NCC(N)CCO.NCCNCCNCCO. The summed E-state index contributed by atoms with van der Waals surface area (Å²) in [7, 11) is 0. The van der Waals surface area contributed by atoms with Crippen LogP contribution in [0.25, 0.3) is 0 Å². The number of hydrogen-bond donors (Lipinski definition) is 7. The average Bonchev–Trinajstić information content (AvgIpc) is 2.35. The molecule has 7 heteroatoms. The zero-order valence-electron chi connectivity index (χ0n) is 10.6. The highest BCUT2D eigenvalue weighted by Gasteiger charge is 1.93. The van der Waals surface area contributed by atoms with Crippen molar-refractivity contribution in [1.29, 1.82) is 0 Å². The summed E-state index contributed by atoms with van der Waals surface area (Å²) in [4.78, 5) is 0. The predicted molar refractivity (Wildman–Crippen MR) is 70.6 cm³/mol. The van der Waals surface area contributed by atoms with Crippen molar-refractivity contribution in [2.75, 3.05) is 52.5 Å². The fourth-order valence-electron chi connectivity index (χ4n) is 0.892. The van der Waals surface area contributed by atoms with Crippen LogP contribution >= 0.6 is 0 Å². The largest absolute Gasteiger partial charge is 0.396 e. The second-order valence-corrected chi connectivity index (χ2v) is 3.52. The number of nitrogens with two attached hydrogens (primary N) is 3. The number of rotatable bonds is 10. The molecule has 0 aromatic rings. The van der Waals surface area contributed by atoms with Gasteiger partial charge in [-0.25, -0.2) is 0 Å². The quantitative estimate of drug-likeness (QED) is 0.202. The summed E-state index contributed by atoms with van der Waals surface area (Å²) in [6, 6.07) is -0.0231. The minimum atomic E-state index is -0.0231. The van der Waals surface area contributed by atoms with Crippen molar-refractivity contribution in [1.82, 2.24) is 10.6 Å². The number of hydrogen-bond acceptors (Lipinski definition) is 7. The van der Waals surface area contributed by atoms with Crippen LogP contribution in [-0.2, 0) is 0 Å². The van der Waals surface area contributed by atoms with E-state index in [2.05, 4.69) is 10.6 Å². The summed E-state index contributed by atoms with van der Waals surface area (Å²) < 4.78 is 0. The minimum Gasteiger partial charge on any atom is -0.396 e. The van der Waals surface area contributed by atoms with Gasteiger partial charge in [-0.1, -0.05) is 0 Å². The molecule has 0 saturated carbocycles. The van der Waals surface area contributed by atoms with E-state index in [0.717, 1.165) is 19.6 Å². The third-order valence-electron chi connectivity index (χ3n) is 1.89. The van der Waals surface area contributed by atoms with Crippen molar-refractivity contribution in [3.8, 4) is 0 Å². The van der Waals surface area contributed by atoms with Crippen molar-refractivity contribution < 1.29 is 10.2 Å². The zero-order chi connectivity index (χ0) is 13.4. The molecule has 7 nitrogen and oxygen atoms in total. The number of aliphatic hydroxyl groups excluding tert-OH is 2. The van der Waals surface area contributed by atoms with E-state index in [9.17, 15) is 0 Å². The van der Waals surface area contributed by atoms with E-state index in [4.69, 9.17) is 27.4 Å². The Balaban J connectivity index is 0. The smallest absolute Gasteiger partial charge is 0.0555 e. The van der Waals surface area contributed by atoms with Crippen molar-refractivity contribution >= 4 is 0 Å². The Bertz CT molecular complexity index is 121. The molecule has 0 heterocycles. The molecule has 0 bridgehead atoms. The van der Waals surface area contributed by atoms with Gasteiger partial charge in [0.05, 0.1) is 6.61 Å². The molecule has 0 aromatic carbocycles. The second-order valence-electron chi connectivity index (χ2n) is 3.52. The zero-order valence-corrected chi connectivity index (χ0v) is 10.6. The second kappa shape index (κ2) is 18.1. The lowest BCUT2D eigenvalue weighted by atomic mass is 10.2. The fourth-order valence-corrected chi connectivity index (χ4v) is 0.892. The molecule has 0 rings (SSSR count). The maximum absolute atomic E-state index is 8.37. The van der Waals surface area contributed by atoms with Gasteiger partial charge in [0.25, 0.3) is 0 Å². The first kappa shape index (κ1) is 19.1. The van der Waals surface area contributed by atoms with Gasteiger partial charge < -0.3 is 38.0 Å². The van der Waals surface area contributed by atoms with Gasteiger partial charge in [-0.15, -0.1) is 0 Å². The summed E-state index contributed by atoms with van der Waals surface area (Å²) in [5, 5.41) is 22.8. The third kappa shape index (κ3) is 21.5. The molecule has 0 aliphatic heterocycles. The van der Waals surface area contributed by atoms with Gasteiger partial charge in [0.2, 0.25) is 0 Å². The summed E-state index contributed by atoms with van der Waals surface area (Å²) in [6.45, 7) is 4.82. The van der Waals surface area contributed by atoms with Gasteiger partial charge in [-0.05, 0) is 6.42 Å². The molecule has 0 aliphatic carbocycles. The molecule has 0 aromatic heterocycles. The first-order valence-electron chi connectivity index (χ1n) is 6.01. The first-order valence-corrected chi connectivity index (χ1v) is 6.01. The molecule has 0 radical (unpaired) electrons. The Morgan fingerprint density at radius 3 is 1.82 bits per heavy atom. The fraction of sp³-hybridized carbons (Fsp3) is 1.00. The molecule has 106 valence electrons. The van der Waals surface area contributed by atoms with Crippen molar-refractivity contribution in [3.63, 3.8) is 0 Å². The van der Waals surface area contributed by atoms with Gasteiger partial charge in [0.15, 0.2) is 0 Å². The van der Waals surface area contributed by atoms with Crippen LogP contribution in [0.1, 0.15) is 6.42 Å². The number of nitrogens with one attached hydrogen (secondary N) is 2. The van der Waals surface area contributed by atoms with Gasteiger partial charge in [-0.2, -0.15) is 0 Å². The Morgan fingerprint density at radius 2 is 1.47 bits per heavy atom. The summed E-state index contributed by atoms with van der Waals surface area (Å²) >= 11 is 0. The number of aliphatic hydroxyl groups is 2. The highest BCUT2D eigenvalue weighted by Crippen LogP contribution is 1.79. The predicted octanol–water partition coefficient (Wildman–Crippen LogP) is -3.23. The Kier molecular flexibility index (Phi) is 20.3. The van der Waals surface area contributed by atoms with E-state index >= 15 is 0 Å². The van der Waals surface area contributed by atoms with E-state index < -0.39 is 0 Å². The van der Waals surface area contributed by atoms with Crippen LogP contribution in [-0.4, -0.2) is 68.7 Å². The maximum Gasteiger partial charge on any atom is 0.0555 e. The van der Waals surface area contributed by atoms with Gasteiger partial charge in [0, 0.05) is 51.9 Å². The highest BCUT2D eigenvalue weighted by molar-refractivity contribution is 4.58. The third-order valence-corrected chi connectivity index (χ3v) is 1.89. The average molecular weight is 251 g/mol. The van der Waals surface area contributed by atoms with Crippen molar-refractivity contribution in [2.45, 2.75) is 12.5 Å². The van der Waals surface area contributed by atoms with Crippen molar-refractivity contribution in [3.05, 3.63) is 0 Å². The van der Waals surface area contributed by atoms with E-state index in [-0.39, 0.29) is 19.3 Å². The van der Waals surface area contributed by atoms with Crippen LogP contribution < -0.4 is 27.8 Å². The lowest BCUT2D eigenvalue weighted by Crippen LogP contribution is -2.31. The van der Waals surface area contributed by atoms with E-state index in [1.807, 2.05) is 0 Å². The topological polar surface area (TPSA) is 143 Å². The summed E-state index contributed by atoms with van der Waals surface area (Å²) in [5.74, 6) is 0. The summed E-state index contributed by atoms with van der Waals surface area (Å²) in [6.07, 6.45) is 0.608. The molecule has 0 spiro atoms. The summed E-state index contributed by atoms with van der Waals surface area (Å²) in [5.41, 5.74) is 15.7. The van der Waals surface area contributed by atoms with Crippen LogP contribution in [0, 0.1) is 0 Å². The Hall–Kier alpha value is -0.280. The van der Waals surface area contributed by atoms with E-state index in [1.165, 1.54) is 0 Å². The lowest BCUT2D eigenvalue weighted by molar-refractivity contribution is 0.277. The maximum atomic E-state index is 8.37. The normalized spacial score (nSPS) is 11.8. The molecule has 1 unspecified atom stereocenters. The molecule has 0 amide bonds. The molecule has 10 N–H and O–H groups in total. The van der Waals surface area contributed by atoms with Crippen LogP contribution in [0.5, 0.6) is 0 Å². The van der Waals surface area contributed by atoms with Crippen LogP contribution in [0.2, 0.25) is 0 Å². The van der Waals surface area contributed by atoms with Crippen LogP contribution in [0.3, 0.4) is 0 Å². The first-order chi connectivity index (χ1) is 8.22. The molecule has 1 atom stereocenters. The monoisotopic (exact) mass is 251 g/mol.